The van der Waals surface area contributed by atoms with Gasteiger partial charge in [0.2, 0.25) is 0 Å². The van der Waals surface area contributed by atoms with Crippen molar-refractivity contribution >= 4 is 23.2 Å². The summed E-state index contributed by atoms with van der Waals surface area (Å²) < 4.78 is 0. The quantitative estimate of drug-likeness (QED) is 0.789. The number of aryl methyl sites for hydroxylation is 1. The smallest absolute Gasteiger partial charge is 0.326 e. The third kappa shape index (κ3) is 3.49. The Morgan fingerprint density at radius 3 is 2.67 bits per heavy atom. The fourth-order valence-corrected chi connectivity index (χ4v) is 2.52. The predicted molar refractivity (Wildman–Crippen MR) is 80.4 cm³/mol. The van der Waals surface area contributed by atoms with Crippen LogP contribution in [0.15, 0.2) is 17.6 Å². The van der Waals surface area contributed by atoms with E-state index < -0.39 is 17.9 Å². The molecule has 1 amide bonds. The number of carboxylic acid groups (broad SMARTS) is 1. The second-order valence-corrected chi connectivity index (χ2v) is 6.15. The highest BCUT2D eigenvalue weighted by atomic mass is 32.1. The second-order valence-electron chi connectivity index (χ2n) is 5.09. The first kappa shape index (κ1) is 15.2. The fraction of sp³-hybridized carbons (Fsp3) is 0.357. The van der Waals surface area contributed by atoms with Gasteiger partial charge >= 0.3 is 5.97 Å². The summed E-state index contributed by atoms with van der Waals surface area (Å²) in [4.78, 5) is 30.4. The summed E-state index contributed by atoms with van der Waals surface area (Å²) in [6.07, 6.45) is 1.69. The molecule has 0 aliphatic rings. The number of aromatic nitrogens is 2. The Balaban J connectivity index is 2.14. The Morgan fingerprint density at radius 1 is 1.43 bits per heavy atom. The molecule has 0 spiro atoms. The molecule has 2 aromatic heterocycles. The molecule has 0 aliphatic heterocycles. The first-order chi connectivity index (χ1) is 9.88. The minimum absolute atomic E-state index is 0.193. The number of hydrogen-bond acceptors (Lipinski definition) is 4. The van der Waals surface area contributed by atoms with Gasteiger partial charge in [-0.1, -0.05) is 13.8 Å². The largest absolute Gasteiger partial charge is 0.480 e. The van der Waals surface area contributed by atoms with E-state index >= 15 is 0 Å². The number of carbonyl (C=O) groups excluding carboxylic acids is 1. The van der Waals surface area contributed by atoms with Gasteiger partial charge in [0.25, 0.3) is 5.91 Å². The van der Waals surface area contributed by atoms with E-state index in [9.17, 15) is 9.59 Å². The molecule has 0 unspecified atom stereocenters. The molecule has 1 atom stereocenters. The van der Waals surface area contributed by atoms with Gasteiger partial charge < -0.3 is 15.4 Å². The van der Waals surface area contributed by atoms with Gasteiger partial charge in [0, 0.05) is 17.1 Å². The van der Waals surface area contributed by atoms with Crippen molar-refractivity contribution in [1.29, 1.82) is 0 Å². The van der Waals surface area contributed by atoms with E-state index in [1.807, 2.05) is 12.3 Å². The van der Waals surface area contributed by atoms with Gasteiger partial charge in [-0.3, -0.25) is 4.79 Å². The van der Waals surface area contributed by atoms with Gasteiger partial charge in [-0.2, -0.15) is 0 Å². The minimum Gasteiger partial charge on any atom is -0.480 e. The Hall–Kier alpha value is -2.15. The van der Waals surface area contributed by atoms with E-state index in [0.29, 0.717) is 5.69 Å². The van der Waals surface area contributed by atoms with Crippen LogP contribution in [0.5, 0.6) is 0 Å². The third-order valence-electron chi connectivity index (χ3n) is 3.06. The first-order valence-electron chi connectivity index (χ1n) is 6.53. The van der Waals surface area contributed by atoms with Crippen LogP contribution in [0.2, 0.25) is 0 Å². The van der Waals surface area contributed by atoms with Crippen molar-refractivity contribution < 1.29 is 14.7 Å². The van der Waals surface area contributed by atoms with Gasteiger partial charge in [-0.15, -0.1) is 11.3 Å². The molecule has 6 nitrogen and oxygen atoms in total. The summed E-state index contributed by atoms with van der Waals surface area (Å²) in [5.74, 6) is -1.67. The number of amides is 1. The van der Waals surface area contributed by atoms with Crippen LogP contribution < -0.4 is 5.32 Å². The lowest BCUT2D eigenvalue weighted by molar-refractivity contribution is -0.140. The van der Waals surface area contributed by atoms with Crippen LogP contribution in [-0.4, -0.2) is 33.0 Å². The molecular weight excluding hydrogens is 290 g/mol. The second kappa shape index (κ2) is 6.09. The number of aliphatic carboxylic acids is 1. The first-order valence-corrected chi connectivity index (χ1v) is 7.41. The molecule has 0 radical (unpaired) electrons. The normalized spacial score (nSPS) is 12.4. The average Bonchev–Trinajstić information content (AvgIpc) is 3.03. The summed E-state index contributed by atoms with van der Waals surface area (Å²) in [7, 11) is 0. The highest BCUT2D eigenvalue weighted by molar-refractivity contribution is 7.09. The van der Waals surface area contributed by atoms with Crippen molar-refractivity contribution in [2.24, 2.45) is 5.92 Å². The highest BCUT2D eigenvalue weighted by Gasteiger charge is 2.24. The molecule has 7 heteroatoms. The number of rotatable bonds is 5. The number of carboxylic acids is 1. The van der Waals surface area contributed by atoms with Gasteiger partial charge in [0.15, 0.2) is 0 Å². The van der Waals surface area contributed by atoms with Crippen molar-refractivity contribution in [3.8, 4) is 11.3 Å². The maximum absolute atomic E-state index is 12.1. The molecule has 0 fully saturated rings. The number of nitrogens with one attached hydrogen (secondary N) is 2. The number of carbonyl (C=O) groups is 2. The van der Waals surface area contributed by atoms with E-state index in [1.54, 1.807) is 26.1 Å². The van der Waals surface area contributed by atoms with Gasteiger partial charge in [0.1, 0.15) is 11.7 Å². The molecule has 2 aromatic rings. The van der Waals surface area contributed by atoms with E-state index in [4.69, 9.17) is 5.11 Å². The Bertz CT molecular complexity index is 660. The van der Waals surface area contributed by atoms with E-state index in [-0.39, 0.29) is 5.92 Å². The van der Waals surface area contributed by atoms with Crippen molar-refractivity contribution in [1.82, 2.24) is 15.3 Å². The summed E-state index contributed by atoms with van der Waals surface area (Å²) in [6, 6.07) is 0.758. The van der Waals surface area contributed by atoms with Gasteiger partial charge in [-0.05, 0) is 18.9 Å². The van der Waals surface area contributed by atoms with Crippen LogP contribution in [0, 0.1) is 12.8 Å². The molecule has 2 rings (SSSR count). The van der Waals surface area contributed by atoms with E-state index in [2.05, 4.69) is 15.3 Å². The number of hydrogen-bond donors (Lipinski definition) is 3. The molecule has 0 aromatic carbocycles. The lowest BCUT2D eigenvalue weighted by Gasteiger charge is -2.17. The maximum atomic E-state index is 12.1. The molecule has 0 bridgehead atoms. The Labute approximate surface area is 126 Å². The molecule has 21 heavy (non-hydrogen) atoms. The van der Waals surface area contributed by atoms with E-state index in [0.717, 1.165) is 16.3 Å². The zero-order valence-electron chi connectivity index (χ0n) is 12.0. The number of thiazole rings is 1. The number of H-pyrrole nitrogens is 1. The van der Waals surface area contributed by atoms with Crippen LogP contribution >= 0.6 is 11.3 Å². The fourth-order valence-electron chi connectivity index (χ4n) is 1.90. The molecule has 2 heterocycles. The number of aromatic amines is 1. The zero-order valence-corrected chi connectivity index (χ0v) is 12.8. The third-order valence-corrected chi connectivity index (χ3v) is 3.84. The number of nitrogens with zero attached hydrogens (tertiary/aromatic N) is 1. The molecule has 0 saturated heterocycles. The summed E-state index contributed by atoms with van der Waals surface area (Å²) >= 11 is 1.53. The maximum Gasteiger partial charge on any atom is 0.326 e. The summed E-state index contributed by atoms with van der Waals surface area (Å²) in [5.41, 5.74) is 1.93. The van der Waals surface area contributed by atoms with Crippen molar-refractivity contribution in [3.05, 3.63) is 28.3 Å². The molecule has 112 valence electrons. The van der Waals surface area contributed by atoms with Crippen molar-refractivity contribution in [2.75, 3.05) is 0 Å². The van der Waals surface area contributed by atoms with Gasteiger partial charge in [0.05, 0.1) is 10.7 Å². The SMILES string of the molecule is Cc1nc(-c2c[nH]c(C(=O)N[C@@H](C(=O)O)C(C)C)c2)cs1. The highest BCUT2D eigenvalue weighted by Crippen LogP contribution is 2.22. The average molecular weight is 307 g/mol. The molecular formula is C14H17N3O3S. The summed E-state index contributed by atoms with van der Waals surface area (Å²) in [6.45, 7) is 5.41. The van der Waals surface area contributed by atoms with Crippen molar-refractivity contribution in [2.45, 2.75) is 26.8 Å². The molecule has 0 aliphatic carbocycles. The lowest BCUT2D eigenvalue weighted by Crippen LogP contribution is -2.44. The van der Waals surface area contributed by atoms with Gasteiger partial charge in [-0.25, -0.2) is 9.78 Å². The van der Waals surface area contributed by atoms with Crippen LogP contribution in [0.25, 0.3) is 11.3 Å². The van der Waals surface area contributed by atoms with Crippen LogP contribution in [0.4, 0.5) is 0 Å². The predicted octanol–water partition coefficient (Wildman–Crippen LogP) is 2.29. The van der Waals surface area contributed by atoms with Crippen molar-refractivity contribution in [3.63, 3.8) is 0 Å². The zero-order chi connectivity index (χ0) is 15.6. The van der Waals surface area contributed by atoms with Crippen LogP contribution in [0.3, 0.4) is 0 Å². The monoisotopic (exact) mass is 307 g/mol. The molecule has 0 saturated carbocycles. The molecule has 3 N–H and O–H groups in total. The topological polar surface area (TPSA) is 95.1 Å². The van der Waals surface area contributed by atoms with Crippen LogP contribution in [0.1, 0.15) is 29.3 Å². The lowest BCUT2D eigenvalue weighted by atomic mass is 10.0. The standard InChI is InChI=1S/C14H17N3O3S/c1-7(2)12(14(19)20)17-13(18)10-4-9(5-15-10)11-6-21-8(3)16-11/h4-7,12,15H,1-3H3,(H,17,18)(H,19,20)/t12-/m1/s1. The Kier molecular flexibility index (Phi) is 4.42. The Morgan fingerprint density at radius 2 is 2.14 bits per heavy atom. The van der Waals surface area contributed by atoms with E-state index in [1.165, 1.54) is 11.3 Å². The summed E-state index contributed by atoms with van der Waals surface area (Å²) in [5, 5.41) is 14.5. The minimum atomic E-state index is -1.04. The van der Waals surface area contributed by atoms with Crippen LogP contribution in [-0.2, 0) is 4.79 Å².